The number of amides is 1. The lowest BCUT2D eigenvalue weighted by Crippen LogP contribution is -2.39. The number of carbonyl (C=O) groups is 1. The van der Waals surface area contributed by atoms with Crippen LogP contribution in [0.25, 0.3) is 0 Å². The zero-order valence-corrected chi connectivity index (χ0v) is 11.7. The van der Waals surface area contributed by atoms with Crippen molar-refractivity contribution in [3.05, 3.63) is 35.9 Å². The van der Waals surface area contributed by atoms with Gasteiger partial charge >= 0.3 is 0 Å². The molecule has 0 spiro atoms. The van der Waals surface area contributed by atoms with Crippen molar-refractivity contribution in [3.63, 3.8) is 0 Å². The molecule has 1 saturated heterocycles. The predicted octanol–water partition coefficient (Wildman–Crippen LogP) is 1.10. The maximum atomic E-state index is 12.7. The largest absolute Gasteiger partial charge is 0.341 e. The van der Waals surface area contributed by atoms with Crippen LogP contribution in [0.3, 0.4) is 0 Å². The standard InChI is InChI=1S/C15H23N3O/c1-17(2)14(13-6-4-3-5-7-13)15(19)18-9-8-12(10-16)11-18/h3-7,12,14H,8-11,16H2,1-2H3/t12-,14-/m1/s1. The molecule has 2 rings (SSSR count). The molecule has 0 unspecified atom stereocenters. The van der Waals surface area contributed by atoms with Crippen molar-refractivity contribution in [3.8, 4) is 0 Å². The normalized spacial score (nSPS) is 20.8. The fourth-order valence-corrected chi connectivity index (χ4v) is 2.70. The minimum atomic E-state index is -0.197. The zero-order valence-electron chi connectivity index (χ0n) is 11.7. The van der Waals surface area contributed by atoms with Gasteiger partial charge in [-0.2, -0.15) is 0 Å². The molecule has 0 aromatic heterocycles. The number of carbonyl (C=O) groups excluding carboxylic acids is 1. The van der Waals surface area contributed by atoms with Crippen LogP contribution in [0.2, 0.25) is 0 Å². The Hall–Kier alpha value is -1.39. The van der Waals surface area contributed by atoms with Crippen molar-refractivity contribution in [1.29, 1.82) is 0 Å². The third kappa shape index (κ3) is 3.14. The second-order valence-electron chi connectivity index (χ2n) is 5.45. The fraction of sp³-hybridized carbons (Fsp3) is 0.533. The molecule has 0 saturated carbocycles. The molecular weight excluding hydrogens is 238 g/mol. The van der Waals surface area contributed by atoms with Crippen LogP contribution in [0.5, 0.6) is 0 Å². The van der Waals surface area contributed by atoms with E-state index in [1.807, 2.05) is 54.2 Å². The topological polar surface area (TPSA) is 49.6 Å². The van der Waals surface area contributed by atoms with Crippen molar-refractivity contribution in [2.24, 2.45) is 11.7 Å². The monoisotopic (exact) mass is 261 g/mol. The minimum absolute atomic E-state index is 0.187. The molecule has 19 heavy (non-hydrogen) atoms. The van der Waals surface area contributed by atoms with Crippen molar-refractivity contribution in [1.82, 2.24) is 9.80 Å². The van der Waals surface area contributed by atoms with Gasteiger partial charge in [-0.15, -0.1) is 0 Å². The van der Waals surface area contributed by atoms with E-state index in [-0.39, 0.29) is 11.9 Å². The first-order chi connectivity index (χ1) is 9.13. The molecule has 0 aliphatic carbocycles. The van der Waals surface area contributed by atoms with Crippen molar-refractivity contribution in [2.45, 2.75) is 12.5 Å². The molecule has 1 amide bonds. The summed E-state index contributed by atoms with van der Waals surface area (Å²) in [5, 5.41) is 0. The van der Waals surface area contributed by atoms with Crippen molar-refractivity contribution in [2.75, 3.05) is 33.7 Å². The molecule has 4 heteroatoms. The SMILES string of the molecule is CN(C)[C@@H](C(=O)N1CC[C@H](CN)C1)c1ccccc1. The van der Waals surface area contributed by atoms with Crippen LogP contribution >= 0.6 is 0 Å². The van der Waals surface area contributed by atoms with E-state index in [0.29, 0.717) is 12.5 Å². The highest BCUT2D eigenvalue weighted by Crippen LogP contribution is 2.24. The van der Waals surface area contributed by atoms with Crippen LogP contribution in [0.4, 0.5) is 0 Å². The van der Waals surface area contributed by atoms with E-state index in [4.69, 9.17) is 5.73 Å². The molecule has 0 radical (unpaired) electrons. The molecule has 0 bridgehead atoms. The van der Waals surface area contributed by atoms with Crippen LogP contribution in [0, 0.1) is 5.92 Å². The first kappa shape index (κ1) is 14.0. The average Bonchev–Trinajstić information content (AvgIpc) is 2.88. The van der Waals surface area contributed by atoms with Gasteiger partial charge in [0.1, 0.15) is 6.04 Å². The van der Waals surface area contributed by atoms with E-state index in [1.54, 1.807) is 0 Å². The van der Waals surface area contributed by atoms with E-state index < -0.39 is 0 Å². The maximum Gasteiger partial charge on any atom is 0.244 e. The van der Waals surface area contributed by atoms with Crippen LogP contribution in [0.1, 0.15) is 18.0 Å². The van der Waals surface area contributed by atoms with Crippen LogP contribution in [0.15, 0.2) is 30.3 Å². The highest BCUT2D eigenvalue weighted by Gasteiger charge is 2.32. The molecule has 1 aliphatic heterocycles. The van der Waals surface area contributed by atoms with Gasteiger partial charge in [-0.05, 0) is 38.5 Å². The summed E-state index contributed by atoms with van der Waals surface area (Å²) in [6.45, 7) is 2.30. The molecule has 1 heterocycles. The van der Waals surface area contributed by atoms with E-state index in [2.05, 4.69) is 0 Å². The summed E-state index contributed by atoms with van der Waals surface area (Å²) in [7, 11) is 3.90. The van der Waals surface area contributed by atoms with Crippen molar-refractivity contribution >= 4 is 5.91 Å². The molecule has 2 atom stereocenters. The Labute approximate surface area is 115 Å². The Kier molecular flexibility index (Phi) is 4.56. The van der Waals surface area contributed by atoms with Crippen molar-refractivity contribution < 1.29 is 4.79 Å². The Morgan fingerprint density at radius 1 is 1.42 bits per heavy atom. The molecule has 1 aromatic carbocycles. The summed E-state index contributed by atoms with van der Waals surface area (Å²) in [6, 6.07) is 9.76. The first-order valence-electron chi connectivity index (χ1n) is 6.83. The Bertz CT molecular complexity index is 419. The maximum absolute atomic E-state index is 12.7. The molecule has 2 N–H and O–H groups in total. The number of rotatable bonds is 4. The third-order valence-electron chi connectivity index (χ3n) is 3.80. The first-order valence-corrected chi connectivity index (χ1v) is 6.83. The van der Waals surface area contributed by atoms with Gasteiger partial charge in [-0.1, -0.05) is 30.3 Å². The summed E-state index contributed by atoms with van der Waals surface area (Å²) >= 11 is 0. The van der Waals surface area contributed by atoms with Gasteiger partial charge in [0, 0.05) is 13.1 Å². The summed E-state index contributed by atoms with van der Waals surface area (Å²) in [4.78, 5) is 16.6. The molecule has 1 aliphatic rings. The lowest BCUT2D eigenvalue weighted by molar-refractivity contribution is -0.135. The highest BCUT2D eigenvalue weighted by atomic mass is 16.2. The van der Waals surface area contributed by atoms with E-state index in [0.717, 1.165) is 25.1 Å². The summed E-state index contributed by atoms with van der Waals surface area (Å²) in [5.41, 5.74) is 6.74. The molecule has 104 valence electrons. The van der Waals surface area contributed by atoms with Gasteiger partial charge in [0.25, 0.3) is 0 Å². The lowest BCUT2D eigenvalue weighted by atomic mass is 10.0. The van der Waals surface area contributed by atoms with E-state index in [9.17, 15) is 4.79 Å². The lowest BCUT2D eigenvalue weighted by Gasteiger charge is -2.28. The number of nitrogens with zero attached hydrogens (tertiary/aromatic N) is 2. The number of nitrogens with two attached hydrogens (primary N) is 1. The van der Waals surface area contributed by atoms with Gasteiger partial charge in [0.2, 0.25) is 5.91 Å². The summed E-state index contributed by atoms with van der Waals surface area (Å²) in [5.74, 6) is 0.648. The number of likely N-dealkylation sites (N-methyl/N-ethyl adjacent to an activating group) is 1. The number of hydrogen-bond acceptors (Lipinski definition) is 3. The second-order valence-corrected chi connectivity index (χ2v) is 5.45. The summed E-state index contributed by atoms with van der Waals surface area (Å²) in [6.07, 6.45) is 1.02. The average molecular weight is 261 g/mol. The van der Waals surface area contributed by atoms with Gasteiger partial charge in [0.15, 0.2) is 0 Å². The quantitative estimate of drug-likeness (QED) is 0.883. The summed E-state index contributed by atoms with van der Waals surface area (Å²) < 4.78 is 0. The van der Waals surface area contributed by atoms with E-state index >= 15 is 0 Å². The smallest absolute Gasteiger partial charge is 0.244 e. The van der Waals surface area contributed by atoms with Gasteiger partial charge in [0.05, 0.1) is 0 Å². The number of hydrogen-bond donors (Lipinski definition) is 1. The minimum Gasteiger partial charge on any atom is -0.341 e. The van der Waals surface area contributed by atoms with Crippen LogP contribution in [-0.2, 0) is 4.79 Å². The third-order valence-corrected chi connectivity index (χ3v) is 3.80. The van der Waals surface area contributed by atoms with Gasteiger partial charge < -0.3 is 10.6 Å². The molecule has 4 nitrogen and oxygen atoms in total. The predicted molar refractivity (Wildman–Crippen MR) is 76.6 cm³/mol. The van der Waals surface area contributed by atoms with Gasteiger partial charge in [-0.25, -0.2) is 0 Å². The highest BCUT2D eigenvalue weighted by molar-refractivity contribution is 5.83. The molecule has 1 fully saturated rings. The molecular formula is C15H23N3O. The van der Waals surface area contributed by atoms with Gasteiger partial charge in [-0.3, -0.25) is 9.69 Å². The number of benzene rings is 1. The van der Waals surface area contributed by atoms with E-state index in [1.165, 1.54) is 0 Å². The van der Waals surface area contributed by atoms with Crippen LogP contribution < -0.4 is 5.73 Å². The fourth-order valence-electron chi connectivity index (χ4n) is 2.70. The Morgan fingerprint density at radius 3 is 2.63 bits per heavy atom. The molecule has 1 aromatic rings. The zero-order chi connectivity index (χ0) is 13.8. The Morgan fingerprint density at radius 2 is 2.11 bits per heavy atom. The van der Waals surface area contributed by atoms with Crippen LogP contribution in [-0.4, -0.2) is 49.4 Å². The Balaban J connectivity index is 2.14. The number of likely N-dealkylation sites (tertiary alicyclic amines) is 1. The second kappa shape index (κ2) is 6.17.